The van der Waals surface area contributed by atoms with Gasteiger partial charge in [0.15, 0.2) is 5.78 Å². The van der Waals surface area contributed by atoms with Crippen LogP contribution in [0.3, 0.4) is 0 Å². The molecule has 11 nitrogen and oxygen atoms in total. The zero-order chi connectivity index (χ0) is 32.7. The fourth-order valence-corrected chi connectivity index (χ4v) is 9.55. The van der Waals surface area contributed by atoms with Gasteiger partial charge in [-0.3, -0.25) is 28.3 Å². The lowest BCUT2D eigenvalue weighted by Gasteiger charge is -2.43. The van der Waals surface area contributed by atoms with Gasteiger partial charge in [0, 0.05) is 6.54 Å². The Hall–Kier alpha value is -4.85. The van der Waals surface area contributed by atoms with Crippen molar-refractivity contribution in [3.63, 3.8) is 0 Å². The van der Waals surface area contributed by atoms with E-state index < -0.39 is 44.9 Å². The van der Waals surface area contributed by atoms with Gasteiger partial charge in [-0.05, 0) is 55.8 Å². The van der Waals surface area contributed by atoms with E-state index in [-0.39, 0.29) is 35.9 Å². The Morgan fingerprint density at radius 3 is 1.85 bits per heavy atom. The summed E-state index contributed by atoms with van der Waals surface area (Å²) in [6.07, 6.45) is 0. The normalized spacial score (nSPS) is 16.6. The van der Waals surface area contributed by atoms with E-state index >= 15 is 9.13 Å². The fraction of sp³-hybridized carbons (Fsp3) is 0.182. The molecular formula is C33H33N3O8P2. The number of carbonyl (C=O) groups excluding carboxylic acids is 3. The van der Waals surface area contributed by atoms with Gasteiger partial charge in [-0.2, -0.15) is 0 Å². The van der Waals surface area contributed by atoms with E-state index in [2.05, 4.69) is 5.32 Å². The quantitative estimate of drug-likeness (QED) is 0.121. The number of hydrogen-bond donors (Lipinski definition) is 1. The summed E-state index contributed by atoms with van der Waals surface area (Å²) in [5.74, 6) is -2.52. The van der Waals surface area contributed by atoms with Crippen LogP contribution in [0.5, 0.6) is 11.5 Å². The van der Waals surface area contributed by atoms with Crippen LogP contribution in [-0.4, -0.2) is 41.9 Å². The van der Waals surface area contributed by atoms with Gasteiger partial charge in [0.05, 0.1) is 17.9 Å². The lowest BCUT2D eigenvalue weighted by atomic mass is 10.1. The summed E-state index contributed by atoms with van der Waals surface area (Å²) in [6, 6.07) is 31.2. The highest BCUT2D eigenvalue weighted by Gasteiger charge is 2.54. The van der Waals surface area contributed by atoms with Crippen molar-refractivity contribution in [2.24, 2.45) is 0 Å². The zero-order valence-corrected chi connectivity index (χ0v) is 27.0. The molecule has 0 radical (unpaired) electrons. The molecular weight excluding hydrogens is 628 g/mol. The minimum Gasteiger partial charge on any atom is -0.465 e. The van der Waals surface area contributed by atoms with Gasteiger partial charge in [-0.25, -0.2) is 4.57 Å². The Balaban J connectivity index is 1.64. The van der Waals surface area contributed by atoms with Gasteiger partial charge in [0.25, 0.3) is 5.91 Å². The van der Waals surface area contributed by atoms with Crippen LogP contribution in [0.15, 0.2) is 115 Å². The molecule has 0 saturated heterocycles. The standard InChI is InChI=1S/C33H33N3O8P2/c1-3-35-32(38)28-22-14-15-23-29(28)36(24-30(37)42-4-2)45(35,40)33(39)34-31(25-16-8-5-9-17-25)46(41,43-26-18-10-6-11-19-26)44-27-20-12-7-13-21-27/h5-23,31H,3-4,24H2,1-2H3,(H,34,39). The van der Waals surface area contributed by atoms with E-state index in [4.69, 9.17) is 13.8 Å². The molecule has 0 spiro atoms. The van der Waals surface area contributed by atoms with Crippen molar-refractivity contribution in [1.29, 1.82) is 0 Å². The van der Waals surface area contributed by atoms with Crippen LogP contribution in [0, 0.1) is 0 Å². The Kier molecular flexibility index (Phi) is 9.95. The van der Waals surface area contributed by atoms with Gasteiger partial charge in [0.2, 0.25) is 0 Å². The average molecular weight is 662 g/mol. The van der Waals surface area contributed by atoms with E-state index in [1.807, 2.05) is 0 Å². The maximum absolute atomic E-state index is 15.2. The maximum Gasteiger partial charge on any atom is 0.457 e. The number of rotatable bonds is 12. The van der Waals surface area contributed by atoms with Crippen molar-refractivity contribution in [3.8, 4) is 11.5 Å². The molecule has 2 amide bonds. The summed E-state index contributed by atoms with van der Waals surface area (Å²) in [4.78, 5) is 41.0. The van der Waals surface area contributed by atoms with Crippen LogP contribution >= 0.6 is 15.0 Å². The molecule has 4 aromatic rings. The maximum atomic E-state index is 15.2. The number of nitrogens with one attached hydrogen (secondary N) is 1. The minimum absolute atomic E-state index is 0.0498. The van der Waals surface area contributed by atoms with Crippen LogP contribution in [0.2, 0.25) is 0 Å². The van der Waals surface area contributed by atoms with E-state index in [0.717, 1.165) is 9.34 Å². The summed E-state index contributed by atoms with van der Waals surface area (Å²) in [5, 5.41) is 2.67. The molecule has 1 aliphatic heterocycles. The highest BCUT2D eigenvalue weighted by Crippen LogP contribution is 2.63. The zero-order valence-electron chi connectivity index (χ0n) is 25.2. The molecule has 2 unspecified atom stereocenters. The first-order valence-corrected chi connectivity index (χ1v) is 17.8. The summed E-state index contributed by atoms with van der Waals surface area (Å²) in [6.45, 7) is 2.52. The minimum atomic E-state index is -4.67. The summed E-state index contributed by atoms with van der Waals surface area (Å²) in [7, 11) is -9.13. The number of esters is 1. The molecule has 0 fully saturated rings. The molecule has 0 bridgehead atoms. The number of fused-ring (bicyclic) bond motifs is 1. The third-order valence-corrected chi connectivity index (χ3v) is 11.9. The largest absolute Gasteiger partial charge is 0.465 e. The van der Waals surface area contributed by atoms with E-state index in [1.54, 1.807) is 117 Å². The van der Waals surface area contributed by atoms with Crippen LogP contribution in [0.1, 0.15) is 35.6 Å². The van der Waals surface area contributed by atoms with Gasteiger partial charge in [0.1, 0.15) is 18.0 Å². The number of hydrogen-bond acceptors (Lipinski definition) is 8. The van der Waals surface area contributed by atoms with Crippen LogP contribution in [-0.2, 0) is 18.7 Å². The van der Waals surface area contributed by atoms with E-state index in [9.17, 15) is 14.4 Å². The van der Waals surface area contributed by atoms with Crippen molar-refractivity contribution in [3.05, 3.63) is 126 Å². The summed E-state index contributed by atoms with van der Waals surface area (Å²) in [5.41, 5.74) is -0.535. The second kappa shape index (κ2) is 14.1. The molecule has 2 atom stereocenters. The van der Waals surface area contributed by atoms with Crippen molar-refractivity contribution < 1.29 is 37.3 Å². The molecule has 4 aromatic carbocycles. The molecule has 1 N–H and O–H groups in total. The summed E-state index contributed by atoms with van der Waals surface area (Å²) < 4.78 is 49.5. The first-order valence-electron chi connectivity index (χ1n) is 14.6. The molecule has 0 aromatic heterocycles. The average Bonchev–Trinajstić information content (AvgIpc) is 3.07. The fourth-order valence-electron chi connectivity index (χ4n) is 5.04. The lowest BCUT2D eigenvalue weighted by Crippen LogP contribution is -2.48. The first kappa shape index (κ1) is 32.5. The molecule has 46 heavy (non-hydrogen) atoms. The lowest BCUT2D eigenvalue weighted by molar-refractivity contribution is -0.141. The monoisotopic (exact) mass is 661 g/mol. The number of carbonyl (C=O) groups is 3. The Bertz CT molecular complexity index is 1750. The molecule has 0 saturated carbocycles. The number of benzene rings is 4. The highest BCUT2D eigenvalue weighted by atomic mass is 31.2. The van der Waals surface area contributed by atoms with Gasteiger partial charge < -0.3 is 19.1 Å². The third-order valence-electron chi connectivity index (χ3n) is 7.09. The smallest absolute Gasteiger partial charge is 0.457 e. The molecule has 238 valence electrons. The molecule has 5 rings (SSSR count). The van der Waals surface area contributed by atoms with Gasteiger partial charge >= 0.3 is 26.7 Å². The molecule has 1 heterocycles. The van der Waals surface area contributed by atoms with Crippen molar-refractivity contribution in [2.45, 2.75) is 19.6 Å². The second-order valence-corrected chi connectivity index (χ2v) is 14.5. The second-order valence-electron chi connectivity index (χ2n) is 10.1. The van der Waals surface area contributed by atoms with Gasteiger partial charge in [-0.1, -0.05) is 78.9 Å². The topological polar surface area (TPSA) is 132 Å². The van der Waals surface area contributed by atoms with Gasteiger partial charge in [-0.15, -0.1) is 0 Å². The number of amides is 2. The Morgan fingerprint density at radius 2 is 1.30 bits per heavy atom. The summed E-state index contributed by atoms with van der Waals surface area (Å²) >= 11 is 0. The van der Waals surface area contributed by atoms with Crippen LogP contribution in [0.25, 0.3) is 0 Å². The predicted molar refractivity (Wildman–Crippen MR) is 174 cm³/mol. The van der Waals surface area contributed by atoms with Crippen LogP contribution in [0.4, 0.5) is 10.5 Å². The van der Waals surface area contributed by atoms with Crippen molar-refractivity contribution in [2.75, 3.05) is 24.4 Å². The number of para-hydroxylation sites is 3. The number of anilines is 1. The SMILES string of the molecule is CCOC(=O)CN1c2ccccc2C(=O)N(CC)P1(=O)C(=O)NC(c1ccccc1)P(=O)(Oc1ccccc1)Oc1ccccc1. The first-order chi connectivity index (χ1) is 22.2. The number of nitrogens with zero attached hydrogens (tertiary/aromatic N) is 2. The predicted octanol–water partition coefficient (Wildman–Crippen LogP) is 7.48. The van der Waals surface area contributed by atoms with E-state index in [1.165, 1.54) is 12.1 Å². The highest BCUT2D eigenvalue weighted by molar-refractivity contribution is 7.80. The molecule has 1 aliphatic rings. The Labute approximate surface area is 267 Å². The van der Waals surface area contributed by atoms with E-state index in [0.29, 0.717) is 5.56 Å². The number of ether oxygens (including phenoxy) is 1. The molecule has 13 heteroatoms. The van der Waals surface area contributed by atoms with Crippen molar-refractivity contribution in [1.82, 2.24) is 9.99 Å². The molecule has 0 aliphatic carbocycles. The Morgan fingerprint density at radius 1 is 0.783 bits per heavy atom. The van der Waals surface area contributed by atoms with Crippen LogP contribution < -0.4 is 19.0 Å². The third kappa shape index (κ3) is 6.57. The van der Waals surface area contributed by atoms with Crippen molar-refractivity contribution >= 4 is 38.3 Å².